The number of carbonyl (C=O) groups excluding carboxylic acids is 2. The van der Waals surface area contributed by atoms with E-state index in [4.69, 9.17) is 11.5 Å². The number of piperidine rings is 1. The number of nitrogens with zero attached hydrogens (tertiary/aromatic N) is 1. The number of hydrogen-bond acceptors (Lipinski definition) is 4. The van der Waals surface area contributed by atoms with Crippen LogP contribution in [0, 0.1) is 0 Å². The Morgan fingerprint density at radius 3 is 2.26 bits per heavy atom. The second-order valence-corrected chi connectivity index (χ2v) is 4.62. The van der Waals surface area contributed by atoms with Gasteiger partial charge in [-0.25, -0.2) is 4.79 Å². The molecule has 3 amide bonds. The third-order valence-corrected chi connectivity index (χ3v) is 3.29. The molecule has 1 heterocycles. The van der Waals surface area contributed by atoms with E-state index in [1.807, 2.05) is 0 Å². The molecular weight excluding hydrogens is 244 g/mol. The molecule has 0 saturated carbocycles. The molecule has 1 aliphatic rings. The maximum atomic E-state index is 12.4. The number of imide groups is 1. The molecule has 0 aliphatic carbocycles. The highest BCUT2D eigenvalue weighted by atomic mass is 16.2. The van der Waals surface area contributed by atoms with Crippen molar-refractivity contribution in [1.82, 2.24) is 10.2 Å². The molecule has 6 heteroatoms. The first-order chi connectivity index (χ1) is 9.09. The highest BCUT2D eigenvalue weighted by Gasteiger charge is 2.29. The van der Waals surface area contributed by atoms with Crippen LogP contribution in [0.2, 0.25) is 0 Å². The monoisotopic (exact) mass is 262 g/mol. The summed E-state index contributed by atoms with van der Waals surface area (Å²) >= 11 is 0. The van der Waals surface area contributed by atoms with Crippen molar-refractivity contribution in [2.45, 2.75) is 18.9 Å². The zero-order chi connectivity index (χ0) is 13.8. The number of nitrogens with one attached hydrogen (secondary N) is 1. The van der Waals surface area contributed by atoms with Crippen LogP contribution in [0.1, 0.15) is 23.2 Å². The minimum atomic E-state index is -0.700. The Balaban J connectivity index is 2.20. The van der Waals surface area contributed by atoms with E-state index in [1.165, 1.54) is 0 Å². The number of nitrogens with two attached hydrogens (primary N) is 2. The maximum absolute atomic E-state index is 12.4. The third-order valence-electron chi connectivity index (χ3n) is 3.29. The second kappa shape index (κ2) is 5.71. The lowest BCUT2D eigenvalue weighted by Gasteiger charge is -2.31. The van der Waals surface area contributed by atoms with Crippen molar-refractivity contribution in [1.29, 1.82) is 0 Å². The molecule has 0 bridgehead atoms. The van der Waals surface area contributed by atoms with E-state index in [-0.39, 0.29) is 11.9 Å². The normalized spacial score (nSPS) is 16.0. The van der Waals surface area contributed by atoms with Gasteiger partial charge in [0.05, 0.1) is 0 Å². The summed E-state index contributed by atoms with van der Waals surface area (Å²) < 4.78 is 0. The van der Waals surface area contributed by atoms with Gasteiger partial charge in [-0.2, -0.15) is 0 Å². The Morgan fingerprint density at radius 2 is 1.74 bits per heavy atom. The smallest absolute Gasteiger partial charge is 0.322 e. The molecule has 1 aromatic rings. The number of nitrogen functional groups attached to an aromatic ring is 1. The number of amides is 3. The summed E-state index contributed by atoms with van der Waals surface area (Å²) in [6.07, 6.45) is 1.45. The van der Waals surface area contributed by atoms with Gasteiger partial charge < -0.3 is 16.8 Å². The molecule has 0 spiro atoms. The van der Waals surface area contributed by atoms with Crippen LogP contribution in [0.25, 0.3) is 0 Å². The molecular formula is C13H18N4O2. The number of carbonyl (C=O) groups is 2. The van der Waals surface area contributed by atoms with Crippen molar-refractivity contribution < 1.29 is 9.59 Å². The van der Waals surface area contributed by atoms with Gasteiger partial charge in [0, 0.05) is 17.3 Å². The van der Waals surface area contributed by atoms with Crippen molar-refractivity contribution in [3.05, 3.63) is 29.8 Å². The zero-order valence-electron chi connectivity index (χ0n) is 10.6. The van der Waals surface area contributed by atoms with Crippen LogP contribution in [-0.4, -0.2) is 36.0 Å². The molecule has 0 atom stereocenters. The number of rotatable bonds is 2. The standard InChI is InChI=1S/C13H18N4O2/c14-10-3-1-9(2-4-10)12(18)17(13(15)19)11-5-7-16-8-6-11/h1-4,11,16H,5-8,14H2,(H2,15,19). The molecule has 0 unspecified atom stereocenters. The fraction of sp³-hybridized carbons (Fsp3) is 0.385. The van der Waals surface area contributed by atoms with E-state index >= 15 is 0 Å². The minimum Gasteiger partial charge on any atom is -0.399 e. The number of benzene rings is 1. The Kier molecular flexibility index (Phi) is 4.01. The Morgan fingerprint density at radius 1 is 1.16 bits per heavy atom. The summed E-state index contributed by atoms with van der Waals surface area (Å²) in [5.41, 5.74) is 11.9. The summed E-state index contributed by atoms with van der Waals surface area (Å²) in [4.78, 5) is 25.1. The largest absolute Gasteiger partial charge is 0.399 e. The van der Waals surface area contributed by atoms with Crippen molar-refractivity contribution >= 4 is 17.6 Å². The van der Waals surface area contributed by atoms with Gasteiger partial charge in [-0.1, -0.05) is 0 Å². The summed E-state index contributed by atoms with van der Waals surface area (Å²) in [5, 5.41) is 3.19. The molecule has 1 aromatic carbocycles. The predicted molar refractivity (Wildman–Crippen MR) is 72.5 cm³/mol. The van der Waals surface area contributed by atoms with Gasteiger partial charge in [-0.15, -0.1) is 0 Å². The Hall–Kier alpha value is -2.08. The molecule has 1 fully saturated rings. The molecule has 6 nitrogen and oxygen atoms in total. The van der Waals surface area contributed by atoms with E-state index < -0.39 is 6.03 Å². The first kappa shape index (κ1) is 13.4. The maximum Gasteiger partial charge on any atom is 0.322 e. The topological polar surface area (TPSA) is 101 Å². The SMILES string of the molecule is NC(=O)N(C(=O)c1ccc(N)cc1)C1CCNCC1. The lowest BCUT2D eigenvalue weighted by Crippen LogP contribution is -2.51. The van der Waals surface area contributed by atoms with Gasteiger partial charge in [0.1, 0.15) is 0 Å². The van der Waals surface area contributed by atoms with Gasteiger partial charge in [-0.05, 0) is 50.2 Å². The minimum absolute atomic E-state index is 0.135. The van der Waals surface area contributed by atoms with E-state index in [1.54, 1.807) is 24.3 Å². The van der Waals surface area contributed by atoms with Crippen molar-refractivity contribution in [2.24, 2.45) is 5.73 Å². The molecule has 5 N–H and O–H groups in total. The Labute approximate surface area is 111 Å². The van der Waals surface area contributed by atoms with Gasteiger partial charge >= 0.3 is 6.03 Å². The van der Waals surface area contributed by atoms with Crippen LogP contribution < -0.4 is 16.8 Å². The van der Waals surface area contributed by atoms with Gasteiger partial charge in [0.2, 0.25) is 0 Å². The first-order valence-corrected chi connectivity index (χ1v) is 6.29. The van der Waals surface area contributed by atoms with Crippen LogP contribution in [0.3, 0.4) is 0 Å². The molecule has 2 rings (SSSR count). The summed E-state index contributed by atoms with van der Waals surface area (Å²) in [6.45, 7) is 1.56. The summed E-state index contributed by atoms with van der Waals surface area (Å²) in [7, 11) is 0. The van der Waals surface area contributed by atoms with Crippen molar-refractivity contribution in [3.63, 3.8) is 0 Å². The van der Waals surface area contributed by atoms with Crippen LogP contribution in [0.4, 0.5) is 10.5 Å². The Bertz CT molecular complexity index is 466. The zero-order valence-corrected chi connectivity index (χ0v) is 10.6. The first-order valence-electron chi connectivity index (χ1n) is 6.29. The molecule has 0 aromatic heterocycles. The van der Waals surface area contributed by atoms with Crippen LogP contribution in [0.15, 0.2) is 24.3 Å². The molecule has 0 radical (unpaired) electrons. The summed E-state index contributed by atoms with van der Waals surface area (Å²) in [5.74, 6) is -0.362. The number of anilines is 1. The fourth-order valence-electron chi connectivity index (χ4n) is 2.28. The number of primary amides is 1. The number of hydrogen-bond donors (Lipinski definition) is 3. The van der Waals surface area contributed by atoms with Crippen LogP contribution in [0.5, 0.6) is 0 Å². The molecule has 1 aliphatic heterocycles. The fourth-order valence-corrected chi connectivity index (χ4v) is 2.28. The average Bonchev–Trinajstić information content (AvgIpc) is 2.40. The highest BCUT2D eigenvalue weighted by molar-refractivity contribution is 6.04. The van der Waals surface area contributed by atoms with E-state index in [9.17, 15) is 9.59 Å². The third kappa shape index (κ3) is 3.03. The van der Waals surface area contributed by atoms with Gasteiger partial charge in [0.25, 0.3) is 5.91 Å². The van der Waals surface area contributed by atoms with Crippen molar-refractivity contribution in [2.75, 3.05) is 18.8 Å². The number of urea groups is 1. The highest BCUT2D eigenvalue weighted by Crippen LogP contribution is 2.16. The predicted octanol–water partition coefficient (Wildman–Crippen LogP) is 0.542. The molecule has 1 saturated heterocycles. The molecule has 19 heavy (non-hydrogen) atoms. The summed E-state index contributed by atoms with van der Waals surface area (Å²) in [6, 6.07) is 5.64. The van der Waals surface area contributed by atoms with Gasteiger partial charge in [0.15, 0.2) is 0 Å². The van der Waals surface area contributed by atoms with E-state index in [0.717, 1.165) is 30.8 Å². The average molecular weight is 262 g/mol. The van der Waals surface area contributed by atoms with Gasteiger partial charge in [-0.3, -0.25) is 9.69 Å². The van der Waals surface area contributed by atoms with E-state index in [2.05, 4.69) is 5.32 Å². The lowest BCUT2D eigenvalue weighted by molar-refractivity contribution is 0.0725. The van der Waals surface area contributed by atoms with E-state index in [0.29, 0.717) is 11.3 Å². The quantitative estimate of drug-likeness (QED) is 0.677. The second-order valence-electron chi connectivity index (χ2n) is 4.62. The lowest BCUT2D eigenvalue weighted by atomic mass is 10.0. The van der Waals surface area contributed by atoms with Crippen molar-refractivity contribution in [3.8, 4) is 0 Å². The van der Waals surface area contributed by atoms with Crippen LogP contribution >= 0.6 is 0 Å². The van der Waals surface area contributed by atoms with Crippen LogP contribution in [-0.2, 0) is 0 Å². The molecule has 102 valence electrons.